The van der Waals surface area contributed by atoms with Crippen molar-refractivity contribution in [2.24, 2.45) is 0 Å². The van der Waals surface area contributed by atoms with E-state index in [9.17, 15) is 0 Å². The Balaban J connectivity index is 2.16. The van der Waals surface area contributed by atoms with Crippen molar-refractivity contribution in [3.8, 4) is 0 Å². The molecule has 5 heteroatoms. The van der Waals surface area contributed by atoms with Crippen LogP contribution in [0.1, 0.15) is 24.3 Å². The molecule has 2 rings (SSSR count). The minimum Gasteiger partial charge on any atom is -0.396 e. The molecule has 1 unspecified atom stereocenters. The van der Waals surface area contributed by atoms with Crippen molar-refractivity contribution < 1.29 is 0 Å². The Morgan fingerprint density at radius 3 is 2.76 bits per heavy atom. The lowest BCUT2D eigenvalue weighted by Crippen LogP contribution is -2.10. The van der Waals surface area contributed by atoms with Gasteiger partial charge in [0.25, 0.3) is 0 Å². The Kier molecular flexibility index (Phi) is 3.49. The molecule has 0 saturated heterocycles. The summed E-state index contributed by atoms with van der Waals surface area (Å²) in [5.74, 6) is 1.13. The molecule has 0 aliphatic heterocycles. The molecule has 2 heterocycles. The van der Waals surface area contributed by atoms with Crippen LogP contribution in [0.2, 0.25) is 0 Å². The molecule has 90 valence electrons. The average Bonchev–Trinajstić information content (AvgIpc) is 2.84. The van der Waals surface area contributed by atoms with Gasteiger partial charge in [-0.05, 0) is 30.0 Å². The number of hydrogen-bond acceptors (Lipinski definition) is 5. The van der Waals surface area contributed by atoms with Gasteiger partial charge in [0, 0.05) is 4.88 Å². The summed E-state index contributed by atoms with van der Waals surface area (Å²) in [7, 11) is 0. The minimum atomic E-state index is 0.269. The van der Waals surface area contributed by atoms with Crippen molar-refractivity contribution in [1.29, 1.82) is 0 Å². The molecular formula is C12H16N4S. The number of nitrogens with one attached hydrogen (secondary N) is 1. The lowest BCUT2D eigenvalue weighted by atomic mass is 10.2. The van der Waals surface area contributed by atoms with Crippen LogP contribution >= 0.6 is 11.3 Å². The van der Waals surface area contributed by atoms with Gasteiger partial charge in [0.1, 0.15) is 11.6 Å². The fraction of sp³-hybridized carbons (Fsp3) is 0.250. The number of nitrogens with two attached hydrogens (primary N) is 2. The van der Waals surface area contributed by atoms with Crippen LogP contribution in [-0.2, 0) is 0 Å². The largest absolute Gasteiger partial charge is 0.396 e. The van der Waals surface area contributed by atoms with Crippen molar-refractivity contribution in [1.82, 2.24) is 4.98 Å². The van der Waals surface area contributed by atoms with Crippen LogP contribution in [0.15, 0.2) is 29.6 Å². The van der Waals surface area contributed by atoms with Crippen LogP contribution < -0.4 is 16.8 Å². The van der Waals surface area contributed by atoms with Crippen LogP contribution in [0.3, 0.4) is 0 Å². The lowest BCUT2D eigenvalue weighted by Gasteiger charge is -2.16. The summed E-state index contributed by atoms with van der Waals surface area (Å²) < 4.78 is 0. The van der Waals surface area contributed by atoms with E-state index in [1.165, 1.54) is 4.88 Å². The quantitative estimate of drug-likeness (QED) is 0.777. The predicted molar refractivity (Wildman–Crippen MR) is 74.0 cm³/mol. The van der Waals surface area contributed by atoms with E-state index in [2.05, 4.69) is 34.7 Å². The zero-order chi connectivity index (χ0) is 12.3. The molecule has 0 aliphatic carbocycles. The predicted octanol–water partition coefficient (Wildman–Crippen LogP) is 2.87. The summed E-state index contributed by atoms with van der Waals surface area (Å²) in [6.45, 7) is 2.14. The fourth-order valence-electron chi connectivity index (χ4n) is 1.61. The van der Waals surface area contributed by atoms with Gasteiger partial charge in [-0.2, -0.15) is 0 Å². The highest BCUT2D eigenvalue weighted by molar-refractivity contribution is 7.10. The molecule has 0 bridgehead atoms. The van der Waals surface area contributed by atoms with Gasteiger partial charge in [-0.3, -0.25) is 0 Å². The Morgan fingerprint density at radius 2 is 2.18 bits per heavy atom. The molecule has 0 radical (unpaired) electrons. The van der Waals surface area contributed by atoms with E-state index in [-0.39, 0.29) is 6.04 Å². The third-order valence-electron chi connectivity index (χ3n) is 2.57. The number of anilines is 3. The third-order valence-corrected chi connectivity index (χ3v) is 3.56. The maximum atomic E-state index is 5.68. The first-order valence-corrected chi connectivity index (χ1v) is 6.40. The molecule has 0 fully saturated rings. The van der Waals surface area contributed by atoms with E-state index < -0.39 is 0 Å². The van der Waals surface area contributed by atoms with Crippen LogP contribution in [-0.4, -0.2) is 4.98 Å². The Bertz CT molecular complexity index is 481. The van der Waals surface area contributed by atoms with Crippen molar-refractivity contribution in [3.05, 3.63) is 34.5 Å². The van der Waals surface area contributed by atoms with E-state index in [0.717, 1.165) is 12.2 Å². The van der Waals surface area contributed by atoms with E-state index in [1.54, 1.807) is 17.4 Å². The van der Waals surface area contributed by atoms with Gasteiger partial charge in [-0.15, -0.1) is 11.3 Å². The van der Waals surface area contributed by atoms with Gasteiger partial charge in [0.2, 0.25) is 0 Å². The lowest BCUT2D eigenvalue weighted by molar-refractivity contribution is 0.759. The molecular weight excluding hydrogens is 232 g/mol. The molecule has 5 N–H and O–H groups in total. The molecule has 17 heavy (non-hydrogen) atoms. The second-order valence-electron chi connectivity index (χ2n) is 3.79. The molecule has 0 aliphatic rings. The standard InChI is InChI=1S/C12H16N4S/c1-2-9(10-4-3-7-17-10)15-11-6-5-8(13)12(14)16-11/h3-7,9H,2,13H2,1H3,(H3,14,15,16). The van der Waals surface area contributed by atoms with Gasteiger partial charge >= 0.3 is 0 Å². The molecule has 0 amide bonds. The Morgan fingerprint density at radius 1 is 1.35 bits per heavy atom. The zero-order valence-corrected chi connectivity index (χ0v) is 10.5. The number of rotatable bonds is 4. The summed E-state index contributed by atoms with van der Waals surface area (Å²) in [6.07, 6.45) is 0.993. The molecule has 0 spiro atoms. The number of hydrogen-bond donors (Lipinski definition) is 3. The van der Waals surface area contributed by atoms with Crippen LogP contribution in [0.5, 0.6) is 0 Å². The Hall–Kier alpha value is -1.75. The molecule has 4 nitrogen and oxygen atoms in total. The first-order chi connectivity index (χ1) is 8.20. The van der Waals surface area contributed by atoms with Gasteiger partial charge in [0.15, 0.2) is 0 Å². The summed E-state index contributed by atoms with van der Waals surface area (Å²) in [6, 6.07) is 8.06. The second-order valence-corrected chi connectivity index (χ2v) is 4.77. The normalized spacial score (nSPS) is 12.3. The number of aromatic nitrogens is 1. The average molecular weight is 248 g/mol. The summed E-state index contributed by atoms with van der Waals surface area (Å²) >= 11 is 1.74. The van der Waals surface area contributed by atoms with Crippen molar-refractivity contribution >= 4 is 28.7 Å². The first kappa shape index (κ1) is 11.7. The SMILES string of the molecule is CCC(Nc1ccc(N)c(N)n1)c1cccs1. The number of nitrogens with zero attached hydrogens (tertiary/aromatic N) is 1. The number of thiophene rings is 1. The highest BCUT2D eigenvalue weighted by Gasteiger charge is 2.11. The summed E-state index contributed by atoms with van der Waals surface area (Å²) in [5.41, 5.74) is 11.8. The van der Waals surface area contributed by atoms with Crippen molar-refractivity contribution in [2.45, 2.75) is 19.4 Å². The number of nitrogen functional groups attached to an aromatic ring is 2. The zero-order valence-electron chi connectivity index (χ0n) is 9.68. The van der Waals surface area contributed by atoms with E-state index in [4.69, 9.17) is 11.5 Å². The smallest absolute Gasteiger partial charge is 0.149 e. The van der Waals surface area contributed by atoms with Crippen LogP contribution in [0, 0.1) is 0 Å². The van der Waals surface area contributed by atoms with Crippen LogP contribution in [0.4, 0.5) is 17.3 Å². The number of pyridine rings is 1. The Labute approximate surface area is 105 Å². The van der Waals surface area contributed by atoms with Gasteiger partial charge < -0.3 is 16.8 Å². The molecule has 2 aromatic heterocycles. The topological polar surface area (TPSA) is 77.0 Å². The molecule has 0 aromatic carbocycles. The minimum absolute atomic E-state index is 0.269. The van der Waals surface area contributed by atoms with Gasteiger partial charge in [0.05, 0.1) is 11.7 Å². The van der Waals surface area contributed by atoms with E-state index in [1.807, 2.05) is 6.07 Å². The van der Waals surface area contributed by atoms with Crippen LogP contribution in [0.25, 0.3) is 0 Å². The van der Waals surface area contributed by atoms with E-state index >= 15 is 0 Å². The van der Waals surface area contributed by atoms with Gasteiger partial charge in [-0.1, -0.05) is 13.0 Å². The fourth-order valence-corrected chi connectivity index (χ4v) is 2.47. The first-order valence-electron chi connectivity index (χ1n) is 5.52. The molecule has 2 aromatic rings. The highest BCUT2D eigenvalue weighted by atomic mass is 32.1. The molecule has 0 saturated carbocycles. The van der Waals surface area contributed by atoms with E-state index in [0.29, 0.717) is 11.5 Å². The maximum absolute atomic E-state index is 5.68. The second kappa shape index (κ2) is 5.05. The molecule has 1 atom stereocenters. The van der Waals surface area contributed by atoms with Crippen molar-refractivity contribution in [3.63, 3.8) is 0 Å². The highest BCUT2D eigenvalue weighted by Crippen LogP contribution is 2.26. The summed E-state index contributed by atoms with van der Waals surface area (Å²) in [4.78, 5) is 5.51. The maximum Gasteiger partial charge on any atom is 0.149 e. The van der Waals surface area contributed by atoms with Crippen molar-refractivity contribution in [2.75, 3.05) is 16.8 Å². The third kappa shape index (κ3) is 2.68. The summed E-state index contributed by atoms with van der Waals surface area (Å²) in [5, 5.41) is 5.44. The van der Waals surface area contributed by atoms with Gasteiger partial charge in [-0.25, -0.2) is 4.98 Å². The monoisotopic (exact) mass is 248 g/mol.